The zero-order valence-corrected chi connectivity index (χ0v) is 7.65. The van der Waals surface area contributed by atoms with E-state index < -0.39 is 5.91 Å². The Morgan fingerprint density at radius 2 is 2.17 bits per heavy atom. The molecule has 0 unspecified atom stereocenters. The van der Waals surface area contributed by atoms with Crippen LogP contribution >= 0.6 is 15.9 Å². The lowest BCUT2D eigenvalue weighted by Gasteiger charge is -2.08. The second-order valence-corrected chi connectivity index (χ2v) is 3.02. The predicted molar refractivity (Wildman–Crippen MR) is 46.5 cm³/mol. The van der Waals surface area contributed by atoms with Gasteiger partial charge < -0.3 is 0 Å². The van der Waals surface area contributed by atoms with Crippen molar-refractivity contribution in [3.63, 3.8) is 0 Å². The highest BCUT2D eigenvalue weighted by molar-refractivity contribution is 9.10. The van der Waals surface area contributed by atoms with Crippen LogP contribution in [0.2, 0.25) is 0 Å². The van der Waals surface area contributed by atoms with Gasteiger partial charge in [-0.15, -0.1) is 0 Å². The summed E-state index contributed by atoms with van der Waals surface area (Å²) in [5.41, 5.74) is 0.342. The Labute approximate surface area is 77.4 Å². The normalized spacial score (nSPS) is 9.58. The third kappa shape index (κ3) is 2.00. The van der Waals surface area contributed by atoms with Crippen molar-refractivity contribution in [1.29, 1.82) is 0 Å². The second kappa shape index (κ2) is 3.61. The predicted octanol–water partition coefficient (Wildman–Crippen LogP) is 0.0337. The number of amides is 1. The first-order valence-corrected chi connectivity index (χ1v) is 3.85. The molecule has 1 amide bonds. The van der Waals surface area contributed by atoms with E-state index in [1.54, 1.807) is 12.3 Å². The monoisotopic (exact) mass is 230 g/mol. The van der Waals surface area contributed by atoms with E-state index in [9.17, 15) is 4.79 Å². The van der Waals surface area contributed by atoms with E-state index >= 15 is 0 Å². The van der Waals surface area contributed by atoms with Gasteiger partial charge in [0, 0.05) is 16.9 Å². The number of carbonyl (C=O) groups is 1. The molecule has 1 heterocycles. The maximum absolute atomic E-state index is 11.1. The molecule has 1 aromatic heterocycles. The van der Waals surface area contributed by atoms with Crippen LogP contribution in [-0.2, 0) is 0 Å². The summed E-state index contributed by atoms with van der Waals surface area (Å²) < 4.78 is 0.704. The molecule has 0 atom stereocenters. The van der Waals surface area contributed by atoms with E-state index in [1.807, 2.05) is 0 Å². The topological polar surface area (TPSA) is 85.2 Å². The minimum absolute atomic E-state index is 0.342. The van der Waals surface area contributed by atoms with Gasteiger partial charge in [0.05, 0.1) is 5.56 Å². The van der Waals surface area contributed by atoms with E-state index in [4.69, 9.17) is 11.7 Å². The summed E-state index contributed by atoms with van der Waals surface area (Å²) in [5.74, 6) is 9.59. The van der Waals surface area contributed by atoms with Gasteiger partial charge in [-0.05, 0) is 22.0 Å². The maximum atomic E-state index is 11.1. The lowest BCUT2D eigenvalue weighted by molar-refractivity contribution is 0.0755. The van der Waals surface area contributed by atoms with Gasteiger partial charge in [0.2, 0.25) is 0 Å². The molecule has 0 radical (unpaired) electrons. The van der Waals surface area contributed by atoms with Crippen molar-refractivity contribution in [3.05, 3.63) is 28.5 Å². The largest absolute Gasteiger partial charge is 0.283 e. The average molecular weight is 231 g/mol. The van der Waals surface area contributed by atoms with Gasteiger partial charge in [-0.1, -0.05) is 0 Å². The zero-order valence-electron chi connectivity index (χ0n) is 6.07. The Bertz CT molecular complexity index is 301. The molecule has 0 spiro atoms. The Morgan fingerprint density at radius 1 is 1.50 bits per heavy atom. The van der Waals surface area contributed by atoms with Crippen LogP contribution in [0, 0.1) is 0 Å². The summed E-state index contributed by atoms with van der Waals surface area (Å²) in [5, 5.41) is 0.517. The summed E-state index contributed by atoms with van der Waals surface area (Å²) in [4.78, 5) is 14.9. The number of carbonyl (C=O) groups excluding carboxylic acids is 1. The highest BCUT2D eigenvalue weighted by atomic mass is 79.9. The summed E-state index contributed by atoms with van der Waals surface area (Å²) in [6, 6.07) is 1.59. The fraction of sp³-hybridized carbons (Fsp3) is 0. The number of nitrogens with zero attached hydrogens (tertiary/aromatic N) is 2. The zero-order chi connectivity index (χ0) is 9.14. The number of halogens is 1. The minimum Gasteiger partial charge on any atom is -0.266 e. The van der Waals surface area contributed by atoms with Crippen molar-refractivity contribution < 1.29 is 4.79 Å². The van der Waals surface area contributed by atoms with Gasteiger partial charge in [-0.2, -0.15) is 0 Å². The highest BCUT2D eigenvalue weighted by Gasteiger charge is 2.08. The van der Waals surface area contributed by atoms with Gasteiger partial charge in [0.1, 0.15) is 0 Å². The number of hydrogen-bond acceptors (Lipinski definition) is 4. The first-order valence-electron chi connectivity index (χ1n) is 3.05. The molecular formula is C6H7BrN4O. The van der Waals surface area contributed by atoms with E-state index in [2.05, 4.69) is 20.9 Å². The van der Waals surface area contributed by atoms with Crippen LogP contribution in [0.4, 0.5) is 0 Å². The first-order chi connectivity index (χ1) is 5.61. The van der Waals surface area contributed by atoms with Crippen molar-refractivity contribution in [2.75, 3.05) is 0 Å². The average Bonchev–Trinajstić information content (AvgIpc) is 2.03. The van der Waals surface area contributed by atoms with E-state index in [1.165, 1.54) is 6.20 Å². The SMILES string of the molecule is NN(N)C(=O)c1cncc(Br)c1. The fourth-order valence-electron chi connectivity index (χ4n) is 0.678. The number of hydrogen-bond donors (Lipinski definition) is 2. The molecule has 0 aliphatic rings. The van der Waals surface area contributed by atoms with Crippen LogP contribution in [0.25, 0.3) is 0 Å². The molecule has 0 bridgehead atoms. The van der Waals surface area contributed by atoms with Crippen molar-refractivity contribution in [2.45, 2.75) is 0 Å². The van der Waals surface area contributed by atoms with Gasteiger partial charge in [0.25, 0.3) is 5.91 Å². The molecule has 0 aliphatic heterocycles. The fourth-order valence-corrected chi connectivity index (χ4v) is 1.04. The summed E-state index contributed by atoms with van der Waals surface area (Å²) in [7, 11) is 0. The van der Waals surface area contributed by atoms with Crippen LogP contribution in [0.1, 0.15) is 10.4 Å². The Hall–Kier alpha value is -0.980. The second-order valence-electron chi connectivity index (χ2n) is 2.10. The lowest BCUT2D eigenvalue weighted by Crippen LogP contribution is -2.43. The number of pyridine rings is 1. The van der Waals surface area contributed by atoms with Crippen LogP contribution < -0.4 is 11.7 Å². The summed E-state index contributed by atoms with van der Waals surface area (Å²) >= 11 is 3.16. The number of rotatable bonds is 1. The number of hydrazine groups is 2. The molecule has 64 valence electrons. The summed E-state index contributed by atoms with van der Waals surface area (Å²) in [6.45, 7) is 0. The van der Waals surface area contributed by atoms with Gasteiger partial charge in [0.15, 0.2) is 0 Å². The van der Waals surface area contributed by atoms with E-state index in [0.717, 1.165) is 0 Å². The maximum Gasteiger partial charge on any atom is 0.283 e. The van der Waals surface area contributed by atoms with Gasteiger partial charge >= 0.3 is 0 Å². The van der Waals surface area contributed by atoms with Crippen molar-refractivity contribution >= 4 is 21.8 Å². The molecule has 5 nitrogen and oxygen atoms in total. The smallest absolute Gasteiger partial charge is 0.266 e. The molecule has 0 aromatic carbocycles. The van der Waals surface area contributed by atoms with E-state index in [0.29, 0.717) is 15.2 Å². The quantitative estimate of drug-likeness (QED) is 0.405. The third-order valence-electron chi connectivity index (χ3n) is 1.19. The first kappa shape index (κ1) is 9.11. The van der Waals surface area contributed by atoms with Gasteiger partial charge in [-0.25, -0.2) is 16.8 Å². The van der Waals surface area contributed by atoms with Crippen molar-refractivity contribution in [2.24, 2.45) is 11.7 Å². The molecule has 1 rings (SSSR count). The lowest BCUT2D eigenvalue weighted by atomic mass is 10.3. The van der Waals surface area contributed by atoms with Crippen LogP contribution in [-0.4, -0.2) is 16.0 Å². The molecule has 6 heteroatoms. The Morgan fingerprint density at radius 3 is 2.67 bits per heavy atom. The van der Waals surface area contributed by atoms with Crippen LogP contribution in [0.15, 0.2) is 22.9 Å². The standard InChI is InChI=1S/C6H7BrN4O/c7-5-1-4(2-10-3-5)6(12)11(8)9/h1-3H,8-9H2. The van der Waals surface area contributed by atoms with E-state index in [-0.39, 0.29) is 0 Å². The number of nitrogens with two attached hydrogens (primary N) is 2. The van der Waals surface area contributed by atoms with Gasteiger partial charge in [-0.3, -0.25) is 9.78 Å². The molecule has 12 heavy (non-hydrogen) atoms. The third-order valence-corrected chi connectivity index (χ3v) is 1.62. The molecular weight excluding hydrogens is 224 g/mol. The van der Waals surface area contributed by atoms with Crippen LogP contribution in [0.5, 0.6) is 0 Å². The Balaban J connectivity index is 2.96. The minimum atomic E-state index is -0.483. The number of aromatic nitrogens is 1. The summed E-state index contributed by atoms with van der Waals surface area (Å²) in [6.07, 6.45) is 2.95. The van der Waals surface area contributed by atoms with Crippen molar-refractivity contribution in [3.8, 4) is 0 Å². The van der Waals surface area contributed by atoms with Crippen molar-refractivity contribution in [1.82, 2.24) is 10.1 Å². The molecule has 0 saturated carbocycles. The van der Waals surface area contributed by atoms with Crippen LogP contribution in [0.3, 0.4) is 0 Å². The molecule has 0 aliphatic carbocycles. The Kier molecular flexibility index (Phi) is 2.74. The highest BCUT2D eigenvalue weighted by Crippen LogP contribution is 2.09. The molecule has 1 aromatic rings. The molecule has 4 N–H and O–H groups in total. The molecule has 0 saturated heterocycles. The molecule has 0 fully saturated rings.